The summed E-state index contributed by atoms with van der Waals surface area (Å²) in [5, 5.41) is 4.05. The van der Waals surface area contributed by atoms with Gasteiger partial charge in [-0.25, -0.2) is 8.96 Å². The molecule has 0 fully saturated rings. The summed E-state index contributed by atoms with van der Waals surface area (Å²) in [6.07, 6.45) is 4.34. The molecule has 0 N–H and O–H groups in total. The molecule has 4 aromatic carbocycles. The Morgan fingerprint density at radius 3 is 2.46 bits per heavy atom. The number of ether oxygens (including phenoxy) is 2. The molecule has 1 amide bonds. The summed E-state index contributed by atoms with van der Waals surface area (Å²) >= 11 is 0. The Hall–Kier alpha value is -4.45. The van der Waals surface area contributed by atoms with Crippen LogP contribution in [0.1, 0.15) is 21.5 Å². The number of fused-ring (bicyclic) bond motifs is 2. The number of hydrogen-bond donors (Lipinski definition) is 0. The second-order valence-corrected chi connectivity index (χ2v) is 9.20. The van der Waals surface area contributed by atoms with Crippen LogP contribution in [0.15, 0.2) is 85.2 Å². The lowest BCUT2D eigenvalue weighted by Gasteiger charge is -2.31. The van der Waals surface area contributed by atoms with E-state index in [1.54, 1.807) is 38.5 Å². The molecule has 5 nitrogen and oxygen atoms in total. The molecule has 0 spiro atoms. The normalized spacial score (nSPS) is 12.7. The number of benzene rings is 4. The lowest BCUT2D eigenvalue weighted by atomic mass is 9.90. The number of amides is 1. The summed E-state index contributed by atoms with van der Waals surface area (Å²) in [5.74, 6) is 1.04. The van der Waals surface area contributed by atoms with Crippen LogP contribution < -0.4 is 18.9 Å². The monoisotopic (exact) mass is 493 g/mol. The zero-order chi connectivity index (χ0) is 25.5. The molecule has 0 bridgehead atoms. The number of carbonyl (C=O) groups excluding carboxylic acids is 1. The van der Waals surface area contributed by atoms with Crippen LogP contribution in [0.3, 0.4) is 0 Å². The number of rotatable bonds is 5. The minimum Gasteiger partial charge on any atom is -0.493 e. The fraction of sp³-hybridized carbons (Fsp3) is 0.161. The van der Waals surface area contributed by atoms with Gasteiger partial charge in [-0.15, -0.1) is 0 Å². The van der Waals surface area contributed by atoms with Crippen LogP contribution in [0, 0.1) is 5.82 Å². The number of carbonyl (C=O) groups is 1. The van der Waals surface area contributed by atoms with Crippen LogP contribution in [-0.2, 0) is 13.0 Å². The van der Waals surface area contributed by atoms with Gasteiger partial charge < -0.3 is 14.4 Å². The number of aromatic nitrogens is 1. The maximum atomic E-state index is 14.1. The second kappa shape index (κ2) is 9.21. The summed E-state index contributed by atoms with van der Waals surface area (Å²) in [4.78, 5) is 15.6. The molecule has 5 aromatic rings. The smallest absolute Gasteiger partial charge is 0.258 e. The fourth-order valence-electron chi connectivity index (χ4n) is 5.33. The van der Waals surface area contributed by atoms with Gasteiger partial charge in [-0.2, -0.15) is 0 Å². The third kappa shape index (κ3) is 3.85. The summed E-state index contributed by atoms with van der Waals surface area (Å²) in [6, 6.07) is 22.6. The molecule has 184 valence electrons. The third-order valence-corrected chi connectivity index (χ3v) is 7.12. The van der Waals surface area contributed by atoms with Crippen LogP contribution in [-0.4, -0.2) is 26.7 Å². The van der Waals surface area contributed by atoms with Crippen molar-refractivity contribution in [2.45, 2.75) is 13.0 Å². The Labute approximate surface area is 214 Å². The topological polar surface area (TPSA) is 42.7 Å². The predicted molar refractivity (Wildman–Crippen MR) is 142 cm³/mol. The fourth-order valence-corrected chi connectivity index (χ4v) is 5.33. The Kier molecular flexibility index (Phi) is 5.72. The minimum absolute atomic E-state index is 0.0740. The molecule has 0 unspecified atom stereocenters. The maximum Gasteiger partial charge on any atom is 0.258 e. The zero-order valence-electron chi connectivity index (χ0n) is 20.7. The quantitative estimate of drug-likeness (QED) is 0.233. The number of pyridine rings is 1. The average molecular weight is 494 g/mol. The molecule has 1 aromatic heterocycles. The van der Waals surface area contributed by atoms with Crippen molar-refractivity contribution in [3.63, 3.8) is 0 Å². The van der Waals surface area contributed by atoms with E-state index in [1.807, 2.05) is 46.1 Å². The van der Waals surface area contributed by atoms with Gasteiger partial charge in [0.1, 0.15) is 5.82 Å². The lowest BCUT2D eigenvalue weighted by molar-refractivity contribution is -0.688. The number of nitrogens with zero attached hydrogens (tertiary/aromatic N) is 2. The molecule has 0 saturated carbocycles. The molecule has 1 aliphatic rings. The van der Waals surface area contributed by atoms with Crippen molar-refractivity contribution in [2.75, 3.05) is 25.7 Å². The third-order valence-electron chi connectivity index (χ3n) is 7.12. The van der Waals surface area contributed by atoms with Crippen LogP contribution in [0.5, 0.6) is 11.5 Å². The molecule has 2 heterocycles. The summed E-state index contributed by atoms with van der Waals surface area (Å²) in [5.41, 5.74) is 3.18. The van der Waals surface area contributed by atoms with E-state index < -0.39 is 0 Å². The summed E-state index contributed by atoms with van der Waals surface area (Å²) in [6.45, 7) is 0.948. The molecule has 0 radical (unpaired) electrons. The van der Waals surface area contributed by atoms with Gasteiger partial charge >= 0.3 is 0 Å². The predicted octanol–water partition coefficient (Wildman–Crippen LogP) is 5.69. The van der Waals surface area contributed by atoms with E-state index in [-0.39, 0.29) is 11.7 Å². The lowest BCUT2D eigenvalue weighted by Crippen LogP contribution is -2.37. The highest BCUT2D eigenvalue weighted by molar-refractivity contribution is 6.21. The first kappa shape index (κ1) is 23.0. The molecule has 0 aliphatic carbocycles. The Balaban J connectivity index is 1.43. The summed E-state index contributed by atoms with van der Waals surface area (Å²) in [7, 11) is 3.29. The van der Waals surface area contributed by atoms with Crippen LogP contribution in [0.4, 0.5) is 10.1 Å². The molecule has 0 atom stereocenters. The Morgan fingerprint density at radius 2 is 1.70 bits per heavy atom. The highest BCUT2D eigenvalue weighted by atomic mass is 19.1. The van der Waals surface area contributed by atoms with E-state index in [4.69, 9.17) is 9.47 Å². The minimum atomic E-state index is -0.241. The van der Waals surface area contributed by atoms with Gasteiger partial charge in [0, 0.05) is 29.4 Å². The van der Waals surface area contributed by atoms with Crippen molar-refractivity contribution in [1.82, 2.24) is 0 Å². The zero-order valence-corrected chi connectivity index (χ0v) is 20.7. The molecule has 6 heteroatoms. The second-order valence-electron chi connectivity index (χ2n) is 9.20. The van der Waals surface area contributed by atoms with Gasteiger partial charge in [-0.05, 0) is 47.0 Å². The van der Waals surface area contributed by atoms with E-state index in [1.165, 1.54) is 6.07 Å². The number of methoxy groups -OCH3 is 2. The van der Waals surface area contributed by atoms with Gasteiger partial charge in [-0.1, -0.05) is 36.4 Å². The van der Waals surface area contributed by atoms with Crippen molar-refractivity contribution >= 4 is 33.1 Å². The molecule has 37 heavy (non-hydrogen) atoms. The van der Waals surface area contributed by atoms with Gasteiger partial charge in [0.25, 0.3) is 5.91 Å². The van der Waals surface area contributed by atoms with E-state index in [0.717, 1.165) is 32.8 Å². The first-order valence-corrected chi connectivity index (χ1v) is 12.2. The van der Waals surface area contributed by atoms with Crippen molar-refractivity contribution in [3.05, 3.63) is 108 Å². The van der Waals surface area contributed by atoms with E-state index in [2.05, 4.69) is 18.2 Å². The molecular formula is C31H26FN2O3+. The van der Waals surface area contributed by atoms with Gasteiger partial charge in [0.2, 0.25) is 0 Å². The highest BCUT2D eigenvalue weighted by Crippen LogP contribution is 2.47. The molecule has 0 saturated heterocycles. The molecule has 6 rings (SSSR count). The number of anilines is 1. The standard InChI is InChI=1S/C31H26FN2O3/c1-36-27-18-22-13-16-34(26-17-21-7-3-5-9-24(21)29(28(22)26)30(27)37-2)31(35)20-11-14-33(15-12-20)19-23-8-4-6-10-25(23)32/h3-12,14-15,17-18H,13,16,19H2,1-2H3/q+1. The maximum absolute atomic E-state index is 14.1. The SMILES string of the molecule is COc1cc2c3c(cc4ccccc4c3c1OC)N(C(=O)c1cc[n+](Cc3ccccc3F)cc1)CC2. The van der Waals surface area contributed by atoms with E-state index >= 15 is 0 Å². The van der Waals surface area contributed by atoms with Crippen molar-refractivity contribution in [3.8, 4) is 11.5 Å². The van der Waals surface area contributed by atoms with Gasteiger partial charge in [-0.3, -0.25) is 4.79 Å². The van der Waals surface area contributed by atoms with E-state index in [0.29, 0.717) is 42.1 Å². The van der Waals surface area contributed by atoms with Crippen LogP contribution >= 0.6 is 0 Å². The van der Waals surface area contributed by atoms with Crippen molar-refractivity contribution < 1.29 is 23.2 Å². The highest BCUT2D eigenvalue weighted by Gasteiger charge is 2.29. The van der Waals surface area contributed by atoms with Crippen molar-refractivity contribution in [1.29, 1.82) is 0 Å². The first-order valence-electron chi connectivity index (χ1n) is 12.2. The van der Waals surface area contributed by atoms with Crippen molar-refractivity contribution in [2.24, 2.45) is 0 Å². The van der Waals surface area contributed by atoms with Gasteiger partial charge in [0.05, 0.1) is 31.0 Å². The molecular weight excluding hydrogens is 467 g/mol. The first-order chi connectivity index (χ1) is 18.1. The Morgan fingerprint density at radius 1 is 0.946 bits per heavy atom. The Bertz CT molecular complexity index is 1660. The van der Waals surface area contributed by atoms with Gasteiger partial charge in [0.15, 0.2) is 30.4 Å². The van der Waals surface area contributed by atoms with Crippen LogP contribution in [0.25, 0.3) is 21.5 Å². The molecule has 1 aliphatic heterocycles. The number of halogens is 1. The van der Waals surface area contributed by atoms with E-state index in [9.17, 15) is 9.18 Å². The summed E-state index contributed by atoms with van der Waals surface area (Å²) < 4.78 is 27.4. The number of hydrogen-bond acceptors (Lipinski definition) is 3. The average Bonchev–Trinajstić information content (AvgIpc) is 2.94. The largest absolute Gasteiger partial charge is 0.493 e. The van der Waals surface area contributed by atoms with Crippen LogP contribution in [0.2, 0.25) is 0 Å².